The SMILES string of the molecule is CCc1cccc2c(C(=O)O)cc(CN)nc12. The van der Waals surface area contributed by atoms with Gasteiger partial charge in [0.25, 0.3) is 0 Å². The largest absolute Gasteiger partial charge is 0.478 e. The first-order valence-electron chi connectivity index (χ1n) is 5.52. The molecule has 0 aliphatic heterocycles. The molecule has 0 amide bonds. The molecule has 0 spiro atoms. The summed E-state index contributed by atoms with van der Waals surface area (Å²) in [5, 5.41) is 9.87. The summed E-state index contributed by atoms with van der Waals surface area (Å²) < 4.78 is 0. The van der Waals surface area contributed by atoms with Crippen molar-refractivity contribution in [3.05, 3.63) is 41.1 Å². The summed E-state index contributed by atoms with van der Waals surface area (Å²) in [5.41, 5.74) is 8.21. The molecule has 0 fully saturated rings. The van der Waals surface area contributed by atoms with Gasteiger partial charge in [-0.1, -0.05) is 25.1 Å². The van der Waals surface area contributed by atoms with Gasteiger partial charge in [0.1, 0.15) is 0 Å². The highest BCUT2D eigenvalue weighted by Crippen LogP contribution is 2.22. The van der Waals surface area contributed by atoms with Crippen LogP contribution in [-0.2, 0) is 13.0 Å². The highest BCUT2D eigenvalue weighted by molar-refractivity contribution is 6.03. The Balaban J connectivity index is 2.85. The number of aryl methyl sites for hydroxylation is 1. The molecule has 1 aromatic carbocycles. The van der Waals surface area contributed by atoms with Gasteiger partial charge in [0, 0.05) is 11.9 Å². The number of carboxylic acid groups (broad SMARTS) is 1. The normalized spacial score (nSPS) is 10.7. The number of pyridine rings is 1. The smallest absolute Gasteiger partial charge is 0.336 e. The van der Waals surface area contributed by atoms with Crippen LogP contribution < -0.4 is 5.73 Å². The van der Waals surface area contributed by atoms with Gasteiger partial charge in [-0.05, 0) is 18.1 Å². The van der Waals surface area contributed by atoms with Crippen molar-refractivity contribution in [3.8, 4) is 0 Å². The third-order valence-electron chi connectivity index (χ3n) is 2.80. The van der Waals surface area contributed by atoms with Gasteiger partial charge in [0.2, 0.25) is 0 Å². The van der Waals surface area contributed by atoms with Crippen LogP contribution in [0.5, 0.6) is 0 Å². The first-order chi connectivity index (χ1) is 8.17. The number of aromatic nitrogens is 1. The second-order valence-corrected chi connectivity index (χ2v) is 3.84. The lowest BCUT2D eigenvalue weighted by Crippen LogP contribution is -2.06. The number of para-hydroxylation sites is 1. The molecule has 0 bridgehead atoms. The second kappa shape index (κ2) is 4.51. The average molecular weight is 230 g/mol. The van der Waals surface area contributed by atoms with E-state index in [2.05, 4.69) is 4.98 Å². The van der Waals surface area contributed by atoms with Crippen molar-refractivity contribution in [1.29, 1.82) is 0 Å². The Labute approximate surface area is 99.1 Å². The van der Waals surface area contributed by atoms with E-state index in [0.29, 0.717) is 11.1 Å². The molecule has 0 aliphatic rings. The van der Waals surface area contributed by atoms with Crippen LogP contribution >= 0.6 is 0 Å². The second-order valence-electron chi connectivity index (χ2n) is 3.84. The zero-order valence-corrected chi connectivity index (χ0v) is 9.60. The van der Waals surface area contributed by atoms with Crippen LogP contribution in [0.1, 0.15) is 28.5 Å². The Bertz CT molecular complexity index is 579. The fourth-order valence-corrected chi connectivity index (χ4v) is 1.93. The maximum atomic E-state index is 11.2. The van der Waals surface area contributed by atoms with Gasteiger partial charge < -0.3 is 10.8 Å². The van der Waals surface area contributed by atoms with Crippen molar-refractivity contribution in [2.75, 3.05) is 0 Å². The van der Waals surface area contributed by atoms with Crippen molar-refractivity contribution >= 4 is 16.9 Å². The number of carbonyl (C=O) groups is 1. The predicted octanol–water partition coefficient (Wildman–Crippen LogP) is 1.95. The van der Waals surface area contributed by atoms with E-state index in [1.807, 2.05) is 19.1 Å². The summed E-state index contributed by atoms with van der Waals surface area (Å²) in [6, 6.07) is 7.15. The number of nitrogens with two attached hydrogens (primary N) is 1. The molecule has 0 atom stereocenters. The Kier molecular flexibility index (Phi) is 3.06. The third kappa shape index (κ3) is 1.99. The standard InChI is InChI=1S/C13H14N2O2/c1-2-8-4-3-5-10-11(13(16)17)6-9(7-14)15-12(8)10/h3-6H,2,7,14H2,1H3,(H,16,17). The molecule has 4 heteroatoms. The number of aromatic carboxylic acids is 1. The molecule has 1 heterocycles. The maximum absolute atomic E-state index is 11.2. The van der Waals surface area contributed by atoms with Gasteiger partial charge >= 0.3 is 5.97 Å². The lowest BCUT2D eigenvalue weighted by atomic mass is 10.0. The minimum absolute atomic E-state index is 0.244. The molecule has 0 unspecified atom stereocenters. The summed E-state index contributed by atoms with van der Waals surface area (Å²) >= 11 is 0. The van der Waals surface area contributed by atoms with Gasteiger partial charge in [0.15, 0.2) is 0 Å². The molecule has 3 N–H and O–H groups in total. The number of carboxylic acids is 1. The van der Waals surface area contributed by atoms with Crippen LogP contribution in [0.2, 0.25) is 0 Å². The molecule has 2 rings (SSSR count). The minimum Gasteiger partial charge on any atom is -0.478 e. The number of nitrogens with zero attached hydrogens (tertiary/aromatic N) is 1. The first-order valence-corrected chi connectivity index (χ1v) is 5.52. The Hall–Kier alpha value is -1.94. The van der Waals surface area contributed by atoms with Crippen molar-refractivity contribution in [2.24, 2.45) is 5.73 Å². The van der Waals surface area contributed by atoms with Gasteiger partial charge in [-0.25, -0.2) is 4.79 Å². The monoisotopic (exact) mass is 230 g/mol. The number of benzene rings is 1. The van der Waals surface area contributed by atoms with Crippen LogP contribution in [0.3, 0.4) is 0 Å². The van der Waals surface area contributed by atoms with Crippen LogP contribution in [0, 0.1) is 0 Å². The number of hydrogen-bond donors (Lipinski definition) is 2. The van der Waals surface area contributed by atoms with E-state index in [0.717, 1.165) is 17.5 Å². The molecule has 4 nitrogen and oxygen atoms in total. The molecular formula is C13H14N2O2. The highest BCUT2D eigenvalue weighted by atomic mass is 16.4. The van der Waals surface area contributed by atoms with E-state index in [1.165, 1.54) is 0 Å². The van der Waals surface area contributed by atoms with E-state index in [-0.39, 0.29) is 12.1 Å². The van der Waals surface area contributed by atoms with E-state index in [4.69, 9.17) is 5.73 Å². The molecule has 88 valence electrons. The van der Waals surface area contributed by atoms with Crippen LogP contribution in [0.15, 0.2) is 24.3 Å². The lowest BCUT2D eigenvalue weighted by molar-refractivity contribution is 0.0699. The van der Waals surface area contributed by atoms with Crippen LogP contribution in [-0.4, -0.2) is 16.1 Å². The summed E-state index contributed by atoms with van der Waals surface area (Å²) in [6.45, 7) is 2.26. The first kappa shape index (κ1) is 11.5. The molecular weight excluding hydrogens is 216 g/mol. The topological polar surface area (TPSA) is 76.2 Å². The fraction of sp³-hybridized carbons (Fsp3) is 0.231. The Morgan fingerprint density at radius 1 is 1.47 bits per heavy atom. The quantitative estimate of drug-likeness (QED) is 0.845. The lowest BCUT2D eigenvalue weighted by Gasteiger charge is -2.08. The zero-order valence-electron chi connectivity index (χ0n) is 9.60. The Morgan fingerprint density at radius 3 is 2.82 bits per heavy atom. The van der Waals surface area contributed by atoms with Crippen molar-refractivity contribution in [1.82, 2.24) is 4.98 Å². The molecule has 0 aliphatic carbocycles. The Morgan fingerprint density at radius 2 is 2.24 bits per heavy atom. The molecule has 0 radical (unpaired) electrons. The van der Waals surface area contributed by atoms with E-state index < -0.39 is 5.97 Å². The summed E-state index contributed by atoms with van der Waals surface area (Å²) in [6.07, 6.45) is 0.817. The highest BCUT2D eigenvalue weighted by Gasteiger charge is 2.12. The van der Waals surface area contributed by atoms with E-state index in [9.17, 15) is 9.90 Å². The van der Waals surface area contributed by atoms with Crippen LogP contribution in [0.4, 0.5) is 0 Å². The predicted molar refractivity (Wildman–Crippen MR) is 66.0 cm³/mol. The fourth-order valence-electron chi connectivity index (χ4n) is 1.93. The van der Waals surface area contributed by atoms with Crippen LogP contribution in [0.25, 0.3) is 10.9 Å². The van der Waals surface area contributed by atoms with Gasteiger partial charge in [-0.2, -0.15) is 0 Å². The molecule has 0 saturated carbocycles. The van der Waals surface area contributed by atoms with Gasteiger partial charge in [-0.15, -0.1) is 0 Å². The third-order valence-corrected chi connectivity index (χ3v) is 2.80. The average Bonchev–Trinajstić information content (AvgIpc) is 2.36. The molecule has 17 heavy (non-hydrogen) atoms. The van der Waals surface area contributed by atoms with E-state index >= 15 is 0 Å². The summed E-state index contributed by atoms with van der Waals surface area (Å²) in [5.74, 6) is -0.944. The number of hydrogen-bond acceptors (Lipinski definition) is 3. The molecule has 0 saturated heterocycles. The van der Waals surface area contributed by atoms with Gasteiger partial charge in [0.05, 0.1) is 16.8 Å². The molecule has 1 aromatic heterocycles. The summed E-state index contributed by atoms with van der Waals surface area (Å²) in [7, 11) is 0. The zero-order chi connectivity index (χ0) is 12.4. The number of fused-ring (bicyclic) bond motifs is 1. The van der Waals surface area contributed by atoms with Crippen molar-refractivity contribution in [3.63, 3.8) is 0 Å². The van der Waals surface area contributed by atoms with Crippen molar-refractivity contribution in [2.45, 2.75) is 19.9 Å². The van der Waals surface area contributed by atoms with Gasteiger partial charge in [-0.3, -0.25) is 4.98 Å². The summed E-state index contributed by atoms with van der Waals surface area (Å²) in [4.78, 5) is 15.6. The minimum atomic E-state index is -0.944. The molecule has 2 aromatic rings. The maximum Gasteiger partial charge on any atom is 0.336 e. The number of rotatable bonds is 3. The van der Waals surface area contributed by atoms with Crippen molar-refractivity contribution < 1.29 is 9.90 Å². The van der Waals surface area contributed by atoms with E-state index in [1.54, 1.807) is 12.1 Å².